The summed E-state index contributed by atoms with van der Waals surface area (Å²) in [4.78, 5) is 36.6. The van der Waals surface area contributed by atoms with Gasteiger partial charge in [0.25, 0.3) is 0 Å². The molecule has 1 fully saturated rings. The molecule has 2 amide bonds. The van der Waals surface area contributed by atoms with E-state index in [4.69, 9.17) is 4.74 Å². The van der Waals surface area contributed by atoms with E-state index in [2.05, 4.69) is 34.9 Å². The third-order valence-corrected chi connectivity index (χ3v) is 6.88. The number of rotatable bonds is 7. The van der Waals surface area contributed by atoms with Crippen LogP contribution in [0.4, 0.5) is 4.79 Å². The molecule has 180 valence electrons. The molecule has 4 rings (SSSR count). The minimum atomic E-state index is -0.864. The molecule has 0 heterocycles. The smallest absolute Gasteiger partial charge is 0.407 e. The van der Waals surface area contributed by atoms with Gasteiger partial charge in [0, 0.05) is 24.4 Å². The first-order valence-corrected chi connectivity index (χ1v) is 12.1. The van der Waals surface area contributed by atoms with E-state index in [0.717, 1.165) is 41.5 Å². The minimum absolute atomic E-state index is 0.0278. The highest BCUT2D eigenvalue weighted by Gasteiger charge is 2.31. The highest BCUT2D eigenvalue weighted by Crippen LogP contribution is 2.44. The number of carbonyl (C=O) groups is 3. The SMILES string of the molecule is C[C@@H](CC(=O)N[C@H]1CCCCC[C@H]1C(=O)O)NC(=O)OCC1c2ccccc2-c2ccccc21. The number of benzene rings is 2. The molecule has 0 radical (unpaired) electrons. The van der Waals surface area contributed by atoms with Gasteiger partial charge in [-0.2, -0.15) is 0 Å². The summed E-state index contributed by atoms with van der Waals surface area (Å²) in [7, 11) is 0. The zero-order valence-electron chi connectivity index (χ0n) is 19.5. The van der Waals surface area contributed by atoms with Crippen molar-refractivity contribution in [3.63, 3.8) is 0 Å². The number of fused-ring (bicyclic) bond motifs is 3. The molecule has 34 heavy (non-hydrogen) atoms. The Morgan fingerprint density at radius 2 is 1.59 bits per heavy atom. The largest absolute Gasteiger partial charge is 0.481 e. The van der Waals surface area contributed by atoms with E-state index in [9.17, 15) is 19.5 Å². The Morgan fingerprint density at radius 3 is 2.24 bits per heavy atom. The summed E-state index contributed by atoms with van der Waals surface area (Å²) in [6, 6.07) is 15.5. The Bertz CT molecular complexity index is 1010. The molecule has 1 saturated carbocycles. The highest BCUT2D eigenvalue weighted by atomic mass is 16.5. The lowest BCUT2D eigenvalue weighted by molar-refractivity contribution is -0.143. The van der Waals surface area contributed by atoms with Crippen molar-refractivity contribution in [3.05, 3.63) is 59.7 Å². The van der Waals surface area contributed by atoms with E-state index in [1.807, 2.05) is 24.3 Å². The van der Waals surface area contributed by atoms with Gasteiger partial charge in [0.05, 0.1) is 5.92 Å². The van der Waals surface area contributed by atoms with Crippen molar-refractivity contribution in [2.24, 2.45) is 5.92 Å². The van der Waals surface area contributed by atoms with E-state index >= 15 is 0 Å². The third-order valence-electron chi connectivity index (χ3n) is 6.88. The van der Waals surface area contributed by atoms with Gasteiger partial charge in [-0.05, 0) is 42.0 Å². The van der Waals surface area contributed by atoms with Gasteiger partial charge in [-0.1, -0.05) is 67.8 Å². The number of ether oxygens (including phenoxy) is 1. The minimum Gasteiger partial charge on any atom is -0.481 e. The Morgan fingerprint density at radius 1 is 0.971 bits per heavy atom. The standard InChI is InChI=1S/C27H32N2O5/c1-17(15-25(30)29-24-14-4-2-3-13-22(24)26(31)32)28-27(33)34-16-23-20-11-7-5-9-18(20)19-10-6-8-12-21(19)23/h5-12,17,22-24H,2-4,13-16H2,1H3,(H,28,33)(H,29,30)(H,31,32)/t17-,22+,24-/m0/s1. The molecule has 7 nitrogen and oxygen atoms in total. The molecule has 2 aliphatic rings. The van der Waals surface area contributed by atoms with Crippen LogP contribution in [0.25, 0.3) is 11.1 Å². The Hall–Kier alpha value is -3.35. The van der Waals surface area contributed by atoms with E-state index in [-0.39, 0.29) is 30.9 Å². The maximum Gasteiger partial charge on any atom is 0.407 e. The second-order valence-electron chi connectivity index (χ2n) is 9.33. The molecule has 0 spiro atoms. The monoisotopic (exact) mass is 464 g/mol. The number of carboxylic acids is 1. The summed E-state index contributed by atoms with van der Waals surface area (Å²) in [5.74, 6) is -1.71. The van der Waals surface area contributed by atoms with Gasteiger partial charge >= 0.3 is 12.1 Å². The quantitative estimate of drug-likeness (QED) is 0.525. The van der Waals surface area contributed by atoms with Gasteiger partial charge in [0.2, 0.25) is 5.91 Å². The fraction of sp³-hybridized carbons (Fsp3) is 0.444. The number of carbonyl (C=O) groups excluding carboxylic acids is 2. The van der Waals surface area contributed by atoms with Crippen molar-refractivity contribution >= 4 is 18.0 Å². The normalized spacial score (nSPS) is 20.4. The number of hydrogen-bond acceptors (Lipinski definition) is 4. The van der Waals surface area contributed by atoms with Crippen LogP contribution in [-0.4, -0.2) is 41.8 Å². The van der Waals surface area contributed by atoms with E-state index < -0.39 is 24.0 Å². The molecule has 0 bridgehead atoms. The van der Waals surface area contributed by atoms with E-state index in [1.54, 1.807) is 6.92 Å². The number of carboxylic acid groups (broad SMARTS) is 1. The van der Waals surface area contributed by atoms with Crippen LogP contribution in [0.1, 0.15) is 62.5 Å². The predicted molar refractivity (Wildman–Crippen MR) is 128 cm³/mol. The van der Waals surface area contributed by atoms with Crippen LogP contribution >= 0.6 is 0 Å². The number of nitrogens with one attached hydrogen (secondary N) is 2. The molecule has 3 atom stereocenters. The molecule has 0 aromatic heterocycles. The number of aliphatic carboxylic acids is 1. The molecular formula is C27H32N2O5. The number of amides is 2. The molecule has 2 aromatic carbocycles. The lowest BCUT2D eigenvalue weighted by atomic mass is 9.94. The van der Waals surface area contributed by atoms with Gasteiger partial charge in [0.15, 0.2) is 0 Å². The Kier molecular flexibility index (Phi) is 7.50. The van der Waals surface area contributed by atoms with E-state index in [0.29, 0.717) is 12.8 Å². The average molecular weight is 465 g/mol. The Balaban J connectivity index is 1.28. The third kappa shape index (κ3) is 5.41. The lowest BCUT2D eigenvalue weighted by Crippen LogP contribution is -2.45. The van der Waals surface area contributed by atoms with Crippen LogP contribution < -0.4 is 10.6 Å². The second kappa shape index (κ2) is 10.7. The number of alkyl carbamates (subject to hydrolysis) is 1. The van der Waals surface area contributed by atoms with Gasteiger partial charge in [-0.25, -0.2) is 4.79 Å². The fourth-order valence-electron chi connectivity index (χ4n) is 5.21. The molecule has 2 aliphatic carbocycles. The summed E-state index contributed by atoms with van der Waals surface area (Å²) in [6.07, 6.45) is 3.49. The first-order valence-electron chi connectivity index (χ1n) is 12.1. The first-order chi connectivity index (χ1) is 16.4. The molecule has 2 aromatic rings. The predicted octanol–water partition coefficient (Wildman–Crippen LogP) is 4.45. The summed E-state index contributed by atoms with van der Waals surface area (Å²) in [6.45, 7) is 1.95. The second-order valence-corrected chi connectivity index (χ2v) is 9.33. The van der Waals surface area contributed by atoms with E-state index in [1.165, 1.54) is 0 Å². The summed E-state index contributed by atoms with van der Waals surface area (Å²) in [5, 5.41) is 15.1. The zero-order chi connectivity index (χ0) is 24.1. The summed E-state index contributed by atoms with van der Waals surface area (Å²) in [5.41, 5.74) is 4.60. The van der Waals surface area contributed by atoms with Crippen molar-refractivity contribution < 1.29 is 24.2 Å². The maximum atomic E-state index is 12.5. The van der Waals surface area contributed by atoms with Crippen LogP contribution in [0.15, 0.2) is 48.5 Å². The van der Waals surface area contributed by atoms with Crippen molar-refractivity contribution in [3.8, 4) is 11.1 Å². The van der Waals surface area contributed by atoms with Crippen LogP contribution in [-0.2, 0) is 14.3 Å². The molecule has 0 unspecified atom stereocenters. The highest BCUT2D eigenvalue weighted by molar-refractivity contribution is 5.80. The Labute approximate surface area is 199 Å². The van der Waals surface area contributed by atoms with Crippen molar-refractivity contribution in [2.45, 2.75) is 63.5 Å². The molecular weight excluding hydrogens is 432 g/mol. The van der Waals surface area contributed by atoms with Crippen molar-refractivity contribution in [1.29, 1.82) is 0 Å². The van der Waals surface area contributed by atoms with Crippen LogP contribution in [0, 0.1) is 5.92 Å². The molecule has 0 aliphatic heterocycles. The maximum absolute atomic E-state index is 12.5. The molecule has 0 saturated heterocycles. The first kappa shape index (κ1) is 23.8. The summed E-state index contributed by atoms with van der Waals surface area (Å²) >= 11 is 0. The van der Waals surface area contributed by atoms with Gasteiger partial charge in [-0.15, -0.1) is 0 Å². The lowest BCUT2D eigenvalue weighted by Gasteiger charge is -2.24. The van der Waals surface area contributed by atoms with Gasteiger partial charge in [-0.3, -0.25) is 9.59 Å². The average Bonchev–Trinajstić information content (AvgIpc) is 2.94. The van der Waals surface area contributed by atoms with Gasteiger partial charge in [0.1, 0.15) is 6.61 Å². The van der Waals surface area contributed by atoms with Crippen LogP contribution in [0.3, 0.4) is 0 Å². The van der Waals surface area contributed by atoms with Crippen LogP contribution in [0.5, 0.6) is 0 Å². The topological polar surface area (TPSA) is 105 Å². The van der Waals surface area contributed by atoms with Crippen LogP contribution in [0.2, 0.25) is 0 Å². The van der Waals surface area contributed by atoms with Crippen molar-refractivity contribution in [1.82, 2.24) is 10.6 Å². The zero-order valence-corrected chi connectivity index (χ0v) is 19.5. The molecule has 3 N–H and O–H groups in total. The fourth-order valence-corrected chi connectivity index (χ4v) is 5.21. The number of hydrogen-bond donors (Lipinski definition) is 3. The summed E-state index contributed by atoms with van der Waals surface area (Å²) < 4.78 is 5.55. The van der Waals surface area contributed by atoms with Crippen molar-refractivity contribution in [2.75, 3.05) is 6.61 Å². The van der Waals surface area contributed by atoms with Gasteiger partial charge < -0.3 is 20.5 Å². The molecule has 7 heteroatoms.